The highest BCUT2D eigenvalue weighted by Gasteiger charge is 2.23. The third-order valence-corrected chi connectivity index (χ3v) is 3.60. The van der Waals surface area contributed by atoms with E-state index >= 15 is 0 Å². The second-order valence-electron chi connectivity index (χ2n) is 5.17. The van der Waals surface area contributed by atoms with E-state index in [0.717, 1.165) is 5.52 Å². The number of nitriles is 1. The van der Waals surface area contributed by atoms with Crippen molar-refractivity contribution in [3.05, 3.63) is 66.0 Å². The molecule has 1 heterocycles. The van der Waals surface area contributed by atoms with Gasteiger partial charge in [0.25, 0.3) is 0 Å². The maximum atomic E-state index is 12.7. The van der Waals surface area contributed by atoms with Crippen LogP contribution >= 0.6 is 0 Å². The number of hydrogen-bond donors (Lipinski definition) is 0. The molecule has 118 valence electrons. The van der Waals surface area contributed by atoms with Crippen LogP contribution in [0.1, 0.15) is 28.9 Å². The number of carbonyl (C=O) groups is 1. The number of nitrogens with zero attached hydrogens (tertiary/aromatic N) is 3. The van der Waals surface area contributed by atoms with Crippen LogP contribution in [-0.4, -0.2) is 22.4 Å². The third-order valence-electron chi connectivity index (χ3n) is 3.60. The van der Waals surface area contributed by atoms with Gasteiger partial charge in [-0.1, -0.05) is 12.1 Å². The molecule has 5 heteroatoms. The van der Waals surface area contributed by atoms with Crippen LogP contribution in [0.4, 0.5) is 0 Å². The lowest BCUT2D eigenvalue weighted by Crippen LogP contribution is -2.13. The number of para-hydroxylation sites is 2. The van der Waals surface area contributed by atoms with E-state index in [9.17, 15) is 10.1 Å². The van der Waals surface area contributed by atoms with Gasteiger partial charge in [0.2, 0.25) is 0 Å². The summed E-state index contributed by atoms with van der Waals surface area (Å²) in [6, 6.07) is 16.1. The average Bonchev–Trinajstić information content (AvgIpc) is 2.63. The topological polar surface area (TPSA) is 75.9 Å². The van der Waals surface area contributed by atoms with Gasteiger partial charge in [0.05, 0.1) is 35.6 Å². The third kappa shape index (κ3) is 3.08. The van der Waals surface area contributed by atoms with Crippen LogP contribution in [0.15, 0.2) is 54.7 Å². The van der Waals surface area contributed by atoms with Gasteiger partial charge in [-0.3, -0.25) is 9.78 Å². The first-order valence-electron chi connectivity index (χ1n) is 7.61. The molecule has 24 heavy (non-hydrogen) atoms. The van der Waals surface area contributed by atoms with Gasteiger partial charge in [-0.2, -0.15) is 5.26 Å². The minimum absolute atomic E-state index is 0.301. The zero-order chi connectivity index (χ0) is 16.9. The molecule has 0 saturated carbocycles. The Morgan fingerprint density at radius 1 is 1.17 bits per heavy atom. The highest BCUT2D eigenvalue weighted by Crippen LogP contribution is 2.22. The lowest BCUT2D eigenvalue weighted by atomic mass is 9.96. The fourth-order valence-corrected chi connectivity index (χ4v) is 2.42. The molecule has 0 spiro atoms. The monoisotopic (exact) mass is 317 g/mol. The van der Waals surface area contributed by atoms with E-state index in [-0.39, 0.29) is 5.78 Å². The van der Waals surface area contributed by atoms with Crippen LogP contribution < -0.4 is 4.74 Å². The Labute approximate surface area is 139 Å². The zero-order valence-electron chi connectivity index (χ0n) is 13.1. The molecule has 0 aliphatic rings. The smallest absolute Gasteiger partial charge is 0.186 e. The van der Waals surface area contributed by atoms with Gasteiger partial charge in [0, 0.05) is 5.56 Å². The van der Waals surface area contributed by atoms with E-state index in [2.05, 4.69) is 9.97 Å². The van der Waals surface area contributed by atoms with E-state index in [1.807, 2.05) is 37.3 Å². The normalized spacial score (nSPS) is 11.7. The maximum absolute atomic E-state index is 12.7. The second kappa shape index (κ2) is 6.88. The highest BCUT2D eigenvalue weighted by molar-refractivity contribution is 6.02. The van der Waals surface area contributed by atoms with Gasteiger partial charge < -0.3 is 4.74 Å². The van der Waals surface area contributed by atoms with Crippen molar-refractivity contribution in [2.45, 2.75) is 12.8 Å². The van der Waals surface area contributed by atoms with E-state index in [1.165, 1.54) is 6.20 Å². The fraction of sp³-hybridized carbons (Fsp3) is 0.158. The standard InChI is InChI=1S/C19H15N3O2/c1-2-24-14-9-7-13(8-10-14)19(23)15(11-20)18-12-21-16-5-3-4-6-17(16)22-18/h3-10,12,15H,2H2,1H3/t15-/m0/s1. The molecule has 0 aliphatic carbocycles. The first kappa shape index (κ1) is 15.6. The molecule has 0 unspecified atom stereocenters. The Hall–Kier alpha value is -3.26. The molecule has 0 amide bonds. The number of ether oxygens (including phenoxy) is 1. The van der Waals surface area contributed by atoms with Crippen molar-refractivity contribution < 1.29 is 9.53 Å². The number of fused-ring (bicyclic) bond motifs is 1. The van der Waals surface area contributed by atoms with Crippen LogP contribution in [0.5, 0.6) is 5.75 Å². The molecule has 0 bridgehead atoms. The molecule has 0 aliphatic heterocycles. The van der Waals surface area contributed by atoms with Gasteiger partial charge in [0.15, 0.2) is 11.7 Å². The predicted molar refractivity (Wildman–Crippen MR) is 89.8 cm³/mol. The minimum atomic E-state index is -0.986. The van der Waals surface area contributed by atoms with E-state index in [0.29, 0.717) is 29.1 Å². The van der Waals surface area contributed by atoms with Crippen molar-refractivity contribution in [2.75, 3.05) is 6.61 Å². The fourth-order valence-electron chi connectivity index (χ4n) is 2.42. The quantitative estimate of drug-likeness (QED) is 0.673. The average molecular weight is 317 g/mol. The van der Waals surface area contributed by atoms with Gasteiger partial charge in [-0.05, 0) is 43.3 Å². The molecule has 5 nitrogen and oxygen atoms in total. The maximum Gasteiger partial charge on any atom is 0.186 e. The van der Waals surface area contributed by atoms with Crippen LogP contribution in [-0.2, 0) is 0 Å². The molecule has 1 atom stereocenters. The number of ketones is 1. The molecule has 1 aromatic heterocycles. The Morgan fingerprint density at radius 2 is 1.88 bits per heavy atom. The Balaban J connectivity index is 1.91. The highest BCUT2D eigenvalue weighted by atomic mass is 16.5. The first-order chi connectivity index (χ1) is 11.7. The summed E-state index contributed by atoms with van der Waals surface area (Å²) in [5.74, 6) is -0.599. The predicted octanol–water partition coefficient (Wildman–Crippen LogP) is 3.52. The molecule has 0 N–H and O–H groups in total. The van der Waals surface area contributed by atoms with E-state index < -0.39 is 5.92 Å². The molecule has 3 rings (SSSR count). The minimum Gasteiger partial charge on any atom is -0.494 e. The zero-order valence-corrected chi connectivity index (χ0v) is 13.1. The lowest BCUT2D eigenvalue weighted by molar-refractivity contribution is 0.0977. The number of aromatic nitrogens is 2. The number of benzene rings is 2. The first-order valence-corrected chi connectivity index (χ1v) is 7.61. The Kier molecular flexibility index (Phi) is 4.48. The number of Topliss-reactive ketones (excluding diaryl/α,β-unsaturated/α-hetero) is 1. The molecule has 3 aromatic rings. The van der Waals surface area contributed by atoms with Crippen LogP contribution in [0.3, 0.4) is 0 Å². The molecule has 0 saturated heterocycles. The van der Waals surface area contributed by atoms with Crippen molar-refractivity contribution in [3.63, 3.8) is 0 Å². The van der Waals surface area contributed by atoms with Crippen molar-refractivity contribution in [2.24, 2.45) is 0 Å². The molecule has 2 aromatic carbocycles. The SMILES string of the molecule is CCOc1ccc(C(=O)[C@@H](C#N)c2cnc3ccccc3n2)cc1. The second-order valence-corrected chi connectivity index (χ2v) is 5.17. The largest absolute Gasteiger partial charge is 0.494 e. The summed E-state index contributed by atoms with van der Waals surface area (Å²) in [5, 5.41) is 9.46. The molecular weight excluding hydrogens is 302 g/mol. The molecule has 0 radical (unpaired) electrons. The summed E-state index contributed by atoms with van der Waals surface area (Å²) in [6.45, 7) is 2.45. The number of carbonyl (C=O) groups excluding carboxylic acids is 1. The van der Waals surface area contributed by atoms with Gasteiger partial charge in [-0.15, -0.1) is 0 Å². The lowest BCUT2D eigenvalue weighted by Gasteiger charge is -2.09. The summed E-state index contributed by atoms with van der Waals surface area (Å²) in [6.07, 6.45) is 1.49. The Morgan fingerprint density at radius 3 is 2.54 bits per heavy atom. The summed E-state index contributed by atoms with van der Waals surface area (Å²) >= 11 is 0. The summed E-state index contributed by atoms with van der Waals surface area (Å²) in [5.41, 5.74) is 2.19. The van der Waals surface area contributed by atoms with Crippen LogP contribution in [0.25, 0.3) is 11.0 Å². The van der Waals surface area contributed by atoms with Crippen molar-refractivity contribution in [1.82, 2.24) is 9.97 Å². The summed E-state index contributed by atoms with van der Waals surface area (Å²) in [4.78, 5) is 21.3. The van der Waals surface area contributed by atoms with Crippen molar-refractivity contribution in [1.29, 1.82) is 5.26 Å². The molecular formula is C19H15N3O2. The summed E-state index contributed by atoms with van der Waals surface area (Å²) in [7, 11) is 0. The van der Waals surface area contributed by atoms with E-state index in [1.54, 1.807) is 24.3 Å². The van der Waals surface area contributed by atoms with Gasteiger partial charge in [0.1, 0.15) is 5.75 Å². The van der Waals surface area contributed by atoms with Crippen molar-refractivity contribution in [3.8, 4) is 11.8 Å². The molecule has 0 fully saturated rings. The van der Waals surface area contributed by atoms with Crippen LogP contribution in [0.2, 0.25) is 0 Å². The summed E-state index contributed by atoms with van der Waals surface area (Å²) < 4.78 is 5.36. The number of rotatable bonds is 5. The van der Waals surface area contributed by atoms with Crippen molar-refractivity contribution >= 4 is 16.8 Å². The van der Waals surface area contributed by atoms with E-state index in [4.69, 9.17) is 4.74 Å². The van der Waals surface area contributed by atoms with Gasteiger partial charge in [-0.25, -0.2) is 4.98 Å². The van der Waals surface area contributed by atoms with Gasteiger partial charge >= 0.3 is 0 Å². The number of hydrogen-bond acceptors (Lipinski definition) is 5. The Bertz CT molecular complexity index is 914. The van der Waals surface area contributed by atoms with Crippen LogP contribution in [0, 0.1) is 11.3 Å².